The third-order valence-corrected chi connectivity index (χ3v) is 6.42. The van der Waals surface area contributed by atoms with Crippen LogP contribution >= 0.6 is 0 Å². The first-order chi connectivity index (χ1) is 15.4. The molecule has 0 spiro atoms. The lowest BCUT2D eigenvalue weighted by Gasteiger charge is -2.40. The number of hydrogen-bond donors (Lipinski definition) is 2. The molecular formula is C24H28F3N5. The van der Waals surface area contributed by atoms with E-state index in [-0.39, 0.29) is 18.1 Å². The highest BCUT2D eigenvalue weighted by atomic mass is 19.4. The number of nitriles is 1. The first kappa shape index (κ1) is 22.4. The van der Waals surface area contributed by atoms with Crippen molar-refractivity contribution in [1.82, 2.24) is 10.3 Å². The number of pyridine rings is 1. The highest BCUT2D eigenvalue weighted by Gasteiger charge is 2.31. The predicted octanol–water partition coefficient (Wildman–Crippen LogP) is 4.95. The Morgan fingerprint density at radius 3 is 2.47 bits per heavy atom. The molecule has 5 nitrogen and oxygen atoms in total. The van der Waals surface area contributed by atoms with Gasteiger partial charge in [0.1, 0.15) is 5.82 Å². The highest BCUT2D eigenvalue weighted by Crippen LogP contribution is 2.31. The number of piperidine rings is 1. The first-order valence-corrected chi connectivity index (χ1v) is 11.2. The first-order valence-electron chi connectivity index (χ1n) is 11.2. The predicted molar refractivity (Wildman–Crippen MR) is 118 cm³/mol. The van der Waals surface area contributed by atoms with E-state index in [1.807, 2.05) is 0 Å². The molecule has 1 unspecified atom stereocenters. The van der Waals surface area contributed by atoms with Gasteiger partial charge in [0.05, 0.1) is 17.2 Å². The second-order valence-electron chi connectivity index (χ2n) is 8.68. The fourth-order valence-corrected chi connectivity index (χ4v) is 4.78. The smallest absolute Gasteiger partial charge is 0.370 e. The minimum Gasteiger partial charge on any atom is -0.370 e. The molecule has 170 valence electrons. The van der Waals surface area contributed by atoms with Gasteiger partial charge in [-0.2, -0.15) is 18.4 Å². The SMILES string of the molecule is N#Cc1ccnc(N[C@@H]2CCCC[C@H]2NC2CCCN(c3ccc(C(F)(F)F)cc3)C2)c1. The largest absolute Gasteiger partial charge is 0.416 e. The molecule has 2 N–H and O–H groups in total. The van der Waals surface area contributed by atoms with E-state index in [2.05, 4.69) is 26.6 Å². The van der Waals surface area contributed by atoms with Crippen molar-refractivity contribution < 1.29 is 13.2 Å². The quantitative estimate of drug-likeness (QED) is 0.684. The zero-order chi connectivity index (χ0) is 22.6. The lowest BCUT2D eigenvalue weighted by molar-refractivity contribution is -0.137. The molecule has 8 heteroatoms. The second kappa shape index (κ2) is 9.78. The maximum Gasteiger partial charge on any atom is 0.416 e. The topological polar surface area (TPSA) is 64.0 Å². The summed E-state index contributed by atoms with van der Waals surface area (Å²) in [5.41, 5.74) is 0.806. The summed E-state index contributed by atoms with van der Waals surface area (Å²) >= 11 is 0. The number of benzene rings is 1. The summed E-state index contributed by atoms with van der Waals surface area (Å²) in [6.07, 6.45) is 3.78. The van der Waals surface area contributed by atoms with Crippen molar-refractivity contribution in [2.75, 3.05) is 23.3 Å². The molecule has 0 amide bonds. The lowest BCUT2D eigenvalue weighted by atomic mass is 9.89. The van der Waals surface area contributed by atoms with Gasteiger partial charge in [0.2, 0.25) is 0 Å². The Labute approximate surface area is 186 Å². The van der Waals surface area contributed by atoms with Gasteiger partial charge in [0.25, 0.3) is 0 Å². The summed E-state index contributed by atoms with van der Waals surface area (Å²) in [7, 11) is 0. The van der Waals surface area contributed by atoms with Crippen molar-refractivity contribution in [2.24, 2.45) is 0 Å². The van der Waals surface area contributed by atoms with Gasteiger partial charge in [0, 0.05) is 43.1 Å². The Hall–Kier alpha value is -2.79. The third-order valence-electron chi connectivity index (χ3n) is 6.42. The molecular weight excluding hydrogens is 415 g/mol. The minimum absolute atomic E-state index is 0.228. The van der Waals surface area contributed by atoms with Crippen LogP contribution in [0.2, 0.25) is 0 Å². The van der Waals surface area contributed by atoms with Gasteiger partial charge in [-0.05, 0) is 62.1 Å². The molecule has 2 heterocycles. The summed E-state index contributed by atoms with van der Waals surface area (Å²) in [5.74, 6) is 0.720. The Morgan fingerprint density at radius 2 is 1.75 bits per heavy atom. The molecule has 1 saturated heterocycles. The Kier molecular flexibility index (Phi) is 6.85. The van der Waals surface area contributed by atoms with Gasteiger partial charge >= 0.3 is 6.18 Å². The van der Waals surface area contributed by atoms with Crippen LogP contribution in [0, 0.1) is 11.3 Å². The summed E-state index contributed by atoms with van der Waals surface area (Å²) in [5, 5.41) is 16.5. The third kappa shape index (κ3) is 5.52. The fourth-order valence-electron chi connectivity index (χ4n) is 4.78. The van der Waals surface area contributed by atoms with Gasteiger partial charge in [-0.1, -0.05) is 12.8 Å². The number of anilines is 2. The van der Waals surface area contributed by atoms with Gasteiger partial charge in [0.15, 0.2) is 0 Å². The van der Waals surface area contributed by atoms with Crippen molar-refractivity contribution in [3.63, 3.8) is 0 Å². The summed E-state index contributed by atoms with van der Waals surface area (Å²) in [6, 6.07) is 11.9. The van der Waals surface area contributed by atoms with E-state index in [9.17, 15) is 13.2 Å². The molecule has 0 bridgehead atoms. The Bertz CT molecular complexity index is 938. The zero-order valence-corrected chi connectivity index (χ0v) is 17.9. The van der Waals surface area contributed by atoms with Crippen LogP contribution in [0.1, 0.15) is 49.7 Å². The number of nitrogens with zero attached hydrogens (tertiary/aromatic N) is 3. The van der Waals surface area contributed by atoms with Crippen molar-refractivity contribution in [2.45, 2.75) is 62.8 Å². The number of nitrogens with one attached hydrogen (secondary N) is 2. The lowest BCUT2D eigenvalue weighted by Crippen LogP contribution is -2.55. The summed E-state index contributed by atoms with van der Waals surface area (Å²) in [6.45, 7) is 1.62. The number of hydrogen-bond acceptors (Lipinski definition) is 5. The van der Waals surface area contributed by atoms with Crippen molar-refractivity contribution >= 4 is 11.5 Å². The van der Waals surface area contributed by atoms with Crippen LogP contribution in [0.15, 0.2) is 42.6 Å². The minimum atomic E-state index is -4.31. The van der Waals surface area contributed by atoms with E-state index in [0.717, 1.165) is 75.3 Å². The van der Waals surface area contributed by atoms with Crippen LogP contribution in [0.5, 0.6) is 0 Å². The average molecular weight is 444 g/mol. The number of rotatable bonds is 5. The number of alkyl halides is 3. The molecule has 2 aromatic rings. The molecule has 1 saturated carbocycles. The van der Waals surface area contributed by atoms with E-state index in [1.165, 1.54) is 0 Å². The zero-order valence-electron chi connectivity index (χ0n) is 17.9. The van der Waals surface area contributed by atoms with E-state index >= 15 is 0 Å². The van der Waals surface area contributed by atoms with Crippen LogP contribution in [-0.4, -0.2) is 36.2 Å². The van der Waals surface area contributed by atoms with Crippen molar-refractivity contribution in [1.29, 1.82) is 5.26 Å². The average Bonchev–Trinajstić information content (AvgIpc) is 2.80. The van der Waals surface area contributed by atoms with Crippen LogP contribution < -0.4 is 15.5 Å². The standard InChI is InChI=1S/C24H28F3N5/c25-24(26,27)18-7-9-20(10-8-18)32-13-3-4-19(16-32)30-21-5-1-2-6-22(21)31-23-14-17(15-28)11-12-29-23/h7-12,14,19,21-22,30H,1-6,13,16H2,(H,29,31)/t19?,21-,22-/m1/s1. The molecule has 1 aromatic heterocycles. The van der Waals surface area contributed by atoms with E-state index in [1.54, 1.807) is 30.5 Å². The van der Waals surface area contributed by atoms with Gasteiger partial charge in [-0.25, -0.2) is 4.98 Å². The van der Waals surface area contributed by atoms with Gasteiger partial charge in [-0.3, -0.25) is 0 Å². The Balaban J connectivity index is 1.39. The van der Waals surface area contributed by atoms with Crippen molar-refractivity contribution in [3.05, 3.63) is 53.7 Å². The summed E-state index contributed by atoms with van der Waals surface area (Å²) < 4.78 is 38.6. The number of halogens is 3. The van der Waals surface area contributed by atoms with Crippen LogP contribution in [0.4, 0.5) is 24.7 Å². The Morgan fingerprint density at radius 1 is 1.00 bits per heavy atom. The van der Waals surface area contributed by atoms with E-state index < -0.39 is 11.7 Å². The monoisotopic (exact) mass is 443 g/mol. The molecule has 1 aliphatic heterocycles. The maximum atomic E-state index is 12.9. The second-order valence-corrected chi connectivity index (χ2v) is 8.68. The van der Waals surface area contributed by atoms with Crippen molar-refractivity contribution in [3.8, 4) is 6.07 Å². The fraction of sp³-hybridized carbons (Fsp3) is 0.500. The molecule has 32 heavy (non-hydrogen) atoms. The van der Waals surface area contributed by atoms with E-state index in [4.69, 9.17) is 5.26 Å². The molecule has 1 aromatic carbocycles. The van der Waals surface area contributed by atoms with Crippen LogP contribution in [0.3, 0.4) is 0 Å². The maximum absolute atomic E-state index is 12.9. The van der Waals surface area contributed by atoms with Crippen LogP contribution in [0.25, 0.3) is 0 Å². The summed E-state index contributed by atoms with van der Waals surface area (Å²) in [4.78, 5) is 6.53. The van der Waals surface area contributed by atoms with E-state index in [0.29, 0.717) is 5.56 Å². The van der Waals surface area contributed by atoms with Gasteiger partial charge < -0.3 is 15.5 Å². The molecule has 4 rings (SSSR count). The highest BCUT2D eigenvalue weighted by molar-refractivity contribution is 5.49. The van der Waals surface area contributed by atoms with Gasteiger partial charge in [-0.15, -0.1) is 0 Å². The normalized spacial score (nSPS) is 24.1. The van der Waals surface area contributed by atoms with Crippen LogP contribution in [-0.2, 0) is 6.18 Å². The molecule has 2 aliphatic rings. The molecule has 0 radical (unpaired) electrons. The number of aromatic nitrogens is 1. The molecule has 3 atom stereocenters. The molecule has 1 aliphatic carbocycles. The molecule has 2 fully saturated rings.